The van der Waals surface area contributed by atoms with Crippen molar-refractivity contribution in [1.29, 1.82) is 0 Å². The summed E-state index contributed by atoms with van der Waals surface area (Å²) in [5.41, 5.74) is 3.11. The van der Waals surface area contributed by atoms with E-state index in [1.807, 2.05) is 32.1 Å². The number of amides is 2. The zero-order valence-electron chi connectivity index (χ0n) is 15.5. The Hall–Kier alpha value is -3.19. The van der Waals surface area contributed by atoms with E-state index in [1.54, 1.807) is 28.5 Å². The van der Waals surface area contributed by atoms with Gasteiger partial charge in [0.1, 0.15) is 10.6 Å². The highest BCUT2D eigenvalue weighted by atomic mass is 32.1. The molecule has 0 atom stereocenters. The number of ether oxygens (including phenoxy) is 1. The largest absolute Gasteiger partial charge is 0.439 e. The van der Waals surface area contributed by atoms with Crippen molar-refractivity contribution in [2.45, 2.75) is 26.7 Å². The van der Waals surface area contributed by atoms with Crippen LogP contribution in [-0.2, 0) is 0 Å². The van der Waals surface area contributed by atoms with Gasteiger partial charge in [0.15, 0.2) is 0 Å². The molecule has 0 bridgehead atoms. The number of aryl methyl sites for hydroxylation is 2. The molecule has 2 amide bonds. The Morgan fingerprint density at radius 3 is 2.86 bits per heavy atom. The highest BCUT2D eigenvalue weighted by Gasteiger charge is 2.31. The van der Waals surface area contributed by atoms with Crippen molar-refractivity contribution < 1.29 is 9.53 Å². The predicted molar refractivity (Wildman–Crippen MR) is 112 cm³/mol. The predicted octanol–water partition coefficient (Wildman–Crippen LogP) is 5.60. The Morgan fingerprint density at radius 1 is 1.18 bits per heavy atom. The molecule has 0 spiro atoms. The molecule has 6 nitrogen and oxygen atoms in total. The van der Waals surface area contributed by atoms with Crippen LogP contribution in [0.25, 0.3) is 10.2 Å². The number of carbonyl (C=O) groups is 1. The highest BCUT2D eigenvalue weighted by Crippen LogP contribution is 2.45. The molecule has 5 rings (SSSR count). The molecule has 1 aliphatic heterocycles. The van der Waals surface area contributed by atoms with Crippen molar-refractivity contribution >= 4 is 44.6 Å². The van der Waals surface area contributed by atoms with Crippen LogP contribution in [0.1, 0.15) is 23.4 Å². The van der Waals surface area contributed by atoms with E-state index in [-0.39, 0.29) is 6.03 Å². The van der Waals surface area contributed by atoms with Crippen LogP contribution in [0.4, 0.5) is 21.9 Å². The minimum atomic E-state index is -0.196. The standard InChI is InChI=1S/C21H18N4O2S/c1-12-15(8-9-17(23-12)27-14-6-4-3-5-7-14)25-16-10-11-22-20-18(16)19(13(2)28-20)24-21(25)26/h4,6-11H,3,5H2,1-2H3,(H,24,26). The van der Waals surface area contributed by atoms with Gasteiger partial charge in [0.05, 0.1) is 28.1 Å². The second-order valence-electron chi connectivity index (χ2n) is 6.75. The fraction of sp³-hybridized carbons (Fsp3) is 0.190. The molecule has 2 aliphatic rings. The van der Waals surface area contributed by atoms with Crippen LogP contribution in [0.15, 0.2) is 48.4 Å². The number of hydrogen-bond acceptors (Lipinski definition) is 5. The number of anilines is 3. The Balaban J connectivity index is 1.55. The van der Waals surface area contributed by atoms with Crippen LogP contribution in [0.3, 0.4) is 0 Å². The maximum atomic E-state index is 12.9. The first-order chi connectivity index (χ1) is 13.6. The second-order valence-corrected chi connectivity index (χ2v) is 7.95. The lowest BCUT2D eigenvalue weighted by atomic mass is 10.1. The van der Waals surface area contributed by atoms with E-state index in [2.05, 4.69) is 27.4 Å². The quantitative estimate of drug-likeness (QED) is 0.632. The molecule has 4 heterocycles. The van der Waals surface area contributed by atoms with Crippen molar-refractivity contribution in [2.24, 2.45) is 0 Å². The van der Waals surface area contributed by atoms with Crippen LogP contribution in [0.2, 0.25) is 0 Å². The molecule has 7 heteroatoms. The van der Waals surface area contributed by atoms with Gasteiger partial charge in [-0.05, 0) is 51.0 Å². The van der Waals surface area contributed by atoms with E-state index < -0.39 is 0 Å². The van der Waals surface area contributed by atoms with Crippen LogP contribution >= 0.6 is 11.3 Å². The number of allylic oxidation sites excluding steroid dienone is 3. The molecule has 0 saturated heterocycles. The number of pyridine rings is 2. The fourth-order valence-corrected chi connectivity index (χ4v) is 4.54. The Kier molecular flexibility index (Phi) is 3.91. The van der Waals surface area contributed by atoms with Gasteiger partial charge in [0.2, 0.25) is 5.88 Å². The fourth-order valence-electron chi connectivity index (χ4n) is 3.58. The molecule has 3 aromatic heterocycles. The number of carbonyl (C=O) groups excluding carboxylic acids is 1. The minimum Gasteiger partial charge on any atom is -0.439 e. The van der Waals surface area contributed by atoms with Gasteiger partial charge in [0, 0.05) is 17.1 Å². The molecule has 0 saturated carbocycles. The number of nitrogens with one attached hydrogen (secondary N) is 1. The van der Waals surface area contributed by atoms with E-state index in [0.717, 1.165) is 50.8 Å². The summed E-state index contributed by atoms with van der Waals surface area (Å²) >= 11 is 1.58. The summed E-state index contributed by atoms with van der Waals surface area (Å²) in [4.78, 5) is 25.6. The van der Waals surface area contributed by atoms with Crippen molar-refractivity contribution in [3.05, 3.63) is 59.0 Å². The van der Waals surface area contributed by atoms with Crippen LogP contribution in [0, 0.1) is 13.8 Å². The smallest absolute Gasteiger partial charge is 0.331 e. The summed E-state index contributed by atoms with van der Waals surface area (Å²) in [6, 6.07) is 5.35. The number of thiophene rings is 1. The molecule has 0 radical (unpaired) electrons. The van der Waals surface area contributed by atoms with Crippen molar-refractivity contribution in [2.75, 3.05) is 10.2 Å². The highest BCUT2D eigenvalue weighted by molar-refractivity contribution is 7.19. The van der Waals surface area contributed by atoms with Crippen molar-refractivity contribution in [3.8, 4) is 5.88 Å². The number of urea groups is 1. The van der Waals surface area contributed by atoms with Gasteiger partial charge in [-0.25, -0.2) is 14.8 Å². The number of aromatic nitrogens is 2. The van der Waals surface area contributed by atoms with E-state index in [4.69, 9.17) is 4.74 Å². The molecular formula is C21H18N4O2S. The Bertz CT molecular complexity index is 1180. The number of hydrogen-bond donors (Lipinski definition) is 1. The lowest BCUT2D eigenvalue weighted by molar-refractivity contribution is 0.258. The van der Waals surface area contributed by atoms with Gasteiger partial charge in [-0.3, -0.25) is 4.90 Å². The average Bonchev–Trinajstić information content (AvgIpc) is 3.00. The lowest BCUT2D eigenvalue weighted by Crippen LogP contribution is -2.34. The Labute approximate surface area is 166 Å². The first-order valence-corrected chi connectivity index (χ1v) is 9.95. The first-order valence-electron chi connectivity index (χ1n) is 9.13. The SMILES string of the molecule is Cc1nc(OC2=CCCC=C2)ccc1N1C(=O)Nc2c(C)sc3nccc1c23. The minimum absolute atomic E-state index is 0.196. The molecule has 0 unspecified atom stereocenters. The lowest BCUT2D eigenvalue weighted by Gasteiger charge is -2.29. The summed E-state index contributed by atoms with van der Waals surface area (Å²) in [5.74, 6) is 1.32. The zero-order chi connectivity index (χ0) is 19.3. The third kappa shape index (κ3) is 2.66. The summed E-state index contributed by atoms with van der Waals surface area (Å²) < 4.78 is 5.86. The summed E-state index contributed by atoms with van der Waals surface area (Å²) in [5, 5.41) is 3.98. The van der Waals surface area contributed by atoms with Crippen LogP contribution in [-0.4, -0.2) is 16.0 Å². The molecule has 0 fully saturated rings. The van der Waals surface area contributed by atoms with Crippen LogP contribution < -0.4 is 15.0 Å². The topological polar surface area (TPSA) is 67.3 Å². The normalized spacial score (nSPS) is 15.6. The Morgan fingerprint density at radius 2 is 2.07 bits per heavy atom. The molecule has 0 aromatic carbocycles. The van der Waals surface area contributed by atoms with E-state index >= 15 is 0 Å². The van der Waals surface area contributed by atoms with Gasteiger partial charge in [0.25, 0.3) is 0 Å². The molecule has 3 aromatic rings. The third-order valence-electron chi connectivity index (χ3n) is 4.88. The van der Waals surface area contributed by atoms with E-state index in [1.165, 1.54) is 0 Å². The van der Waals surface area contributed by atoms with Gasteiger partial charge in [-0.1, -0.05) is 6.08 Å². The monoisotopic (exact) mass is 390 g/mol. The average molecular weight is 390 g/mol. The molecule has 28 heavy (non-hydrogen) atoms. The molecular weight excluding hydrogens is 372 g/mol. The van der Waals surface area contributed by atoms with E-state index in [9.17, 15) is 4.79 Å². The number of rotatable bonds is 3. The summed E-state index contributed by atoms with van der Waals surface area (Å²) in [7, 11) is 0. The first kappa shape index (κ1) is 16.9. The van der Waals surface area contributed by atoms with Crippen LogP contribution in [0.5, 0.6) is 5.88 Å². The summed E-state index contributed by atoms with van der Waals surface area (Å²) in [6.45, 7) is 3.88. The molecule has 1 aliphatic carbocycles. The third-order valence-corrected chi connectivity index (χ3v) is 5.89. The van der Waals surface area contributed by atoms with Crippen molar-refractivity contribution in [1.82, 2.24) is 9.97 Å². The zero-order valence-corrected chi connectivity index (χ0v) is 16.3. The van der Waals surface area contributed by atoms with Gasteiger partial charge in [-0.2, -0.15) is 0 Å². The van der Waals surface area contributed by atoms with Crippen molar-refractivity contribution in [3.63, 3.8) is 0 Å². The number of nitrogens with zero attached hydrogens (tertiary/aromatic N) is 3. The maximum absolute atomic E-state index is 12.9. The van der Waals surface area contributed by atoms with Gasteiger partial charge in [-0.15, -0.1) is 11.3 Å². The summed E-state index contributed by atoms with van der Waals surface area (Å²) in [6.07, 6.45) is 9.84. The van der Waals surface area contributed by atoms with Gasteiger partial charge < -0.3 is 10.1 Å². The van der Waals surface area contributed by atoms with Gasteiger partial charge >= 0.3 is 6.03 Å². The molecule has 1 N–H and O–H groups in total. The second kappa shape index (κ2) is 6.45. The maximum Gasteiger partial charge on any atom is 0.331 e. The van der Waals surface area contributed by atoms with E-state index in [0.29, 0.717) is 11.6 Å². The molecule has 140 valence electrons.